The van der Waals surface area contributed by atoms with Gasteiger partial charge in [0.1, 0.15) is 0 Å². The molecule has 2 atom stereocenters. The molecule has 2 unspecified atom stereocenters. The van der Waals surface area contributed by atoms with Gasteiger partial charge in [0.15, 0.2) is 0 Å². The first-order valence-electron chi connectivity index (χ1n) is 5.92. The number of hydrogen-bond acceptors (Lipinski definition) is 4. The Balaban J connectivity index is 2.68. The van der Waals surface area contributed by atoms with Crippen molar-refractivity contribution in [1.29, 1.82) is 0 Å². The number of ether oxygens (including phenoxy) is 1. The van der Waals surface area contributed by atoms with Crippen LogP contribution in [0.25, 0.3) is 0 Å². The molecule has 0 spiro atoms. The van der Waals surface area contributed by atoms with Crippen LogP contribution in [0, 0.1) is 11.3 Å². The molecule has 94 valence electrons. The number of carbonyl (C=O) groups is 1. The first-order valence-corrected chi connectivity index (χ1v) is 5.92. The minimum atomic E-state index is -0.600. The summed E-state index contributed by atoms with van der Waals surface area (Å²) >= 11 is 0. The molecule has 1 aliphatic rings. The Morgan fingerprint density at radius 2 is 2.19 bits per heavy atom. The molecule has 4 nitrogen and oxygen atoms in total. The van der Waals surface area contributed by atoms with Gasteiger partial charge in [-0.3, -0.25) is 4.79 Å². The molecular formula is C12H24N2O2. The van der Waals surface area contributed by atoms with E-state index < -0.39 is 5.41 Å². The van der Waals surface area contributed by atoms with Crippen LogP contribution >= 0.6 is 0 Å². The van der Waals surface area contributed by atoms with Gasteiger partial charge in [0, 0.05) is 12.6 Å². The van der Waals surface area contributed by atoms with Crippen LogP contribution in [0.3, 0.4) is 0 Å². The summed E-state index contributed by atoms with van der Waals surface area (Å²) in [6.07, 6.45) is 2.26. The van der Waals surface area contributed by atoms with Crippen molar-refractivity contribution in [3.63, 3.8) is 0 Å². The van der Waals surface area contributed by atoms with Crippen LogP contribution in [0.4, 0.5) is 0 Å². The number of nitrogens with two attached hydrogens (primary N) is 1. The topological polar surface area (TPSA) is 55.6 Å². The van der Waals surface area contributed by atoms with Gasteiger partial charge < -0.3 is 15.4 Å². The lowest BCUT2D eigenvalue weighted by Crippen LogP contribution is -2.52. The van der Waals surface area contributed by atoms with Crippen LogP contribution in [-0.4, -0.2) is 44.2 Å². The zero-order valence-corrected chi connectivity index (χ0v) is 10.8. The van der Waals surface area contributed by atoms with E-state index in [-0.39, 0.29) is 12.0 Å². The third-order valence-corrected chi connectivity index (χ3v) is 3.71. The van der Waals surface area contributed by atoms with Gasteiger partial charge in [0.25, 0.3) is 0 Å². The summed E-state index contributed by atoms with van der Waals surface area (Å²) in [5.41, 5.74) is 5.64. The summed E-state index contributed by atoms with van der Waals surface area (Å²) in [5, 5.41) is 0. The summed E-state index contributed by atoms with van der Waals surface area (Å²) in [6, 6.07) is -0.136. The fourth-order valence-corrected chi connectivity index (χ4v) is 2.49. The molecule has 1 fully saturated rings. The van der Waals surface area contributed by atoms with Crippen LogP contribution in [0.15, 0.2) is 0 Å². The highest BCUT2D eigenvalue weighted by Gasteiger charge is 2.40. The maximum Gasteiger partial charge on any atom is 0.312 e. The standard InChI is InChI=1S/C12H24N2O2/c1-12(2,11(15)16-4)10(13)9-6-5-7-14(3)8-9/h9-10H,5-8,13H2,1-4H3. The van der Waals surface area contributed by atoms with Gasteiger partial charge in [-0.25, -0.2) is 0 Å². The van der Waals surface area contributed by atoms with Crippen molar-refractivity contribution < 1.29 is 9.53 Å². The SMILES string of the molecule is COC(=O)C(C)(C)C(N)C1CCCN(C)C1. The second-order valence-corrected chi connectivity index (χ2v) is 5.40. The predicted octanol–water partition coefficient (Wildman–Crippen LogP) is 0.855. The lowest BCUT2D eigenvalue weighted by molar-refractivity contribution is -0.153. The highest BCUT2D eigenvalue weighted by Crippen LogP contribution is 2.30. The van der Waals surface area contributed by atoms with Crippen molar-refractivity contribution in [2.45, 2.75) is 32.7 Å². The Hall–Kier alpha value is -0.610. The van der Waals surface area contributed by atoms with E-state index >= 15 is 0 Å². The summed E-state index contributed by atoms with van der Waals surface area (Å²) in [6.45, 7) is 5.85. The zero-order chi connectivity index (χ0) is 12.3. The van der Waals surface area contributed by atoms with E-state index in [0.717, 1.165) is 25.9 Å². The number of methoxy groups -OCH3 is 1. The molecule has 0 aromatic heterocycles. The van der Waals surface area contributed by atoms with E-state index in [1.54, 1.807) is 0 Å². The minimum absolute atomic E-state index is 0.136. The maximum absolute atomic E-state index is 11.7. The number of carbonyl (C=O) groups excluding carboxylic acids is 1. The number of hydrogen-bond donors (Lipinski definition) is 1. The first kappa shape index (κ1) is 13.5. The average molecular weight is 228 g/mol. The highest BCUT2D eigenvalue weighted by molar-refractivity contribution is 5.76. The van der Waals surface area contributed by atoms with Gasteiger partial charge in [-0.2, -0.15) is 0 Å². The van der Waals surface area contributed by atoms with Gasteiger partial charge in [-0.15, -0.1) is 0 Å². The van der Waals surface area contributed by atoms with Gasteiger partial charge in [-0.05, 0) is 46.2 Å². The van der Waals surface area contributed by atoms with Gasteiger partial charge >= 0.3 is 5.97 Å². The summed E-state index contributed by atoms with van der Waals surface area (Å²) < 4.78 is 4.82. The third kappa shape index (κ3) is 2.74. The maximum atomic E-state index is 11.7. The zero-order valence-electron chi connectivity index (χ0n) is 10.8. The van der Waals surface area contributed by atoms with Gasteiger partial charge in [-0.1, -0.05) is 0 Å². The van der Waals surface area contributed by atoms with Crippen LogP contribution in [0.1, 0.15) is 26.7 Å². The largest absolute Gasteiger partial charge is 0.469 e. The van der Waals surface area contributed by atoms with Crippen molar-refractivity contribution in [1.82, 2.24) is 4.90 Å². The summed E-state index contributed by atoms with van der Waals surface area (Å²) in [5.74, 6) is 0.168. The van der Waals surface area contributed by atoms with Crippen LogP contribution in [0.2, 0.25) is 0 Å². The van der Waals surface area contributed by atoms with E-state index in [1.807, 2.05) is 13.8 Å². The number of esters is 1. The molecule has 0 radical (unpaired) electrons. The number of likely N-dealkylation sites (tertiary alicyclic amines) is 1. The number of piperidine rings is 1. The molecule has 0 aromatic carbocycles. The van der Waals surface area contributed by atoms with Crippen LogP contribution in [-0.2, 0) is 9.53 Å². The quantitative estimate of drug-likeness (QED) is 0.728. The molecule has 0 aromatic rings. The number of nitrogens with zero attached hydrogens (tertiary/aromatic N) is 1. The molecule has 1 rings (SSSR count). The summed E-state index contributed by atoms with van der Waals surface area (Å²) in [4.78, 5) is 14.0. The Labute approximate surface area is 98.1 Å². The molecule has 4 heteroatoms. The number of rotatable bonds is 3. The molecule has 1 saturated heterocycles. The summed E-state index contributed by atoms with van der Waals surface area (Å²) in [7, 11) is 3.52. The predicted molar refractivity (Wildman–Crippen MR) is 64.0 cm³/mol. The average Bonchev–Trinajstić information content (AvgIpc) is 2.26. The normalized spacial score (nSPS) is 25.2. The Morgan fingerprint density at radius 1 is 1.56 bits per heavy atom. The minimum Gasteiger partial charge on any atom is -0.469 e. The van der Waals surface area contributed by atoms with Gasteiger partial charge in [0.05, 0.1) is 12.5 Å². The molecule has 0 amide bonds. The van der Waals surface area contributed by atoms with E-state index in [4.69, 9.17) is 10.5 Å². The molecular weight excluding hydrogens is 204 g/mol. The smallest absolute Gasteiger partial charge is 0.312 e. The fourth-order valence-electron chi connectivity index (χ4n) is 2.49. The van der Waals surface area contributed by atoms with E-state index in [9.17, 15) is 4.79 Å². The Morgan fingerprint density at radius 3 is 2.69 bits per heavy atom. The second-order valence-electron chi connectivity index (χ2n) is 5.40. The van der Waals surface area contributed by atoms with Crippen molar-refractivity contribution in [3.8, 4) is 0 Å². The molecule has 0 saturated carbocycles. The van der Waals surface area contributed by atoms with Crippen molar-refractivity contribution >= 4 is 5.97 Å². The lowest BCUT2D eigenvalue weighted by Gasteiger charge is -2.39. The monoisotopic (exact) mass is 228 g/mol. The van der Waals surface area contributed by atoms with E-state index in [0.29, 0.717) is 5.92 Å². The van der Waals surface area contributed by atoms with Crippen molar-refractivity contribution in [2.24, 2.45) is 17.1 Å². The van der Waals surface area contributed by atoms with Crippen LogP contribution < -0.4 is 5.73 Å². The van der Waals surface area contributed by atoms with Crippen molar-refractivity contribution in [3.05, 3.63) is 0 Å². The van der Waals surface area contributed by atoms with E-state index in [1.165, 1.54) is 7.11 Å². The first-order chi connectivity index (χ1) is 7.39. The lowest BCUT2D eigenvalue weighted by atomic mass is 9.75. The van der Waals surface area contributed by atoms with E-state index in [2.05, 4.69) is 11.9 Å². The molecule has 1 heterocycles. The highest BCUT2D eigenvalue weighted by atomic mass is 16.5. The molecule has 0 aliphatic carbocycles. The molecule has 2 N–H and O–H groups in total. The molecule has 0 bridgehead atoms. The second kappa shape index (κ2) is 5.15. The molecule has 16 heavy (non-hydrogen) atoms. The van der Waals surface area contributed by atoms with Crippen LogP contribution in [0.5, 0.6) is 0 Å². The van der Waals surface area contributed by atoms with Gasteiger partial charge in [0.2, 0.25) is 0 Å². The van der Waals surface area contributed by atoms with Crippen molar-refractivity contribution in [2.75, 3.05) is 27.2 Å². The molecule has 1 aliphatic heterocycles. The Kier molecular flexibility index (Phi) is 4.33. The third-order valence-electron chi connectivity index (χ3n) is 3.71. The fraction of sp³-hybridized carbons (Fsp3) is 0.917. The Bertz CT molecular complexity index is 253.